The van der Waals surface area contributed by atoms with E-state index >= 15 is 0 Å². The molecule has 0 aliphatic carbocycles. The summed E-state index contributed by atoms with van der Waals surface area (Å²) in [5.41, 5.74) is 5.99. The van der Waals surface area contributed by atoms with E-state index in [1.165, 1.54) is 34.5 Å². The van der Waals surface area contributed by atoms with Gasteiger partial charge in [0.1, 0.15) is 11.6 Å². The number of benzene rings is 2. The molecule has 0 aromatic heterocycles. The van der Waals surface area contributed by atoms with Crippen LogP contribution < -0.4 is 4.90 Å². The zero-order chi connectivity index (χ0) is 16.1. The summed E-state index contributed by atoms with van der Waals surface area (Å²) in [6.07, 6.45) is 1.05. The molecule has 0 bridgehead atoms. The van der Waals surface area contributed by atoms with Crippen LogP contribution >= 0.6 is 0 Å². The number of halogens is 2. The summed E-state index contributed by atoms with van der Waals surface area (Å²) in [6, 6.07) is 8.19. The topological polar surface area (TPSA) is 6.48 Å². The highest BCUT2D eigenvalue weighted by molar-refractivity contribution is 5.64. The monoisotopic (exact) mass is 314 g/mol. The van der Waals surface area contributed by atoms with Crippen molar-refractivity contribution in [1.29, 1.82) is 0 Å². The number of fused-ring (bicyclic) bond motifs is 3. The number of hydrogen-bond acceptors (Lipinski definition) is 2. The van der Waals surface area contributed by atoms with Crippen LogP contribution in [0.1, 0.15) is 28.2 Å². The first-order chi connectivity index (χ1) is 11.0. The third kappa shape index (κ3) is 2.41. The van der Waals surface area contributed by atoms with Gasteiger partial charge in [-0.1, -0.05) is 6.07 Å². The quantitative estimate of drug-likeness (QED) is 0.794. The van der Waals surface area contributed by atoms with Gasteiger partial charge < -0.3 is 9.80 Å². The molecule has 0 radical (unpaired) electrons. The first kappa shape index (κ1) is 14.6. The summed E-state index contributed by atoms with van der Waals surface area (Å²) >= 11 is 0. The molecule has 2 aliphatic rings. The highest BCUT2D eigenvalue weighted by atomic mass is 19.1. The van der Waals surface area contributed by atoms with Gasteiger partial charge in [0, 0.05) is 44.4 Å². The van der Waals surface area contributed by atoms with Gasteiger partial charge in [-0.15, -0.1) is 0 Å². The van der Waals surface area contributed by atoms with E-state index in [-0.39, 0.29) is 5.92 Å². The van der Waals surface area contributed by atoms with E-state index in [4.69, 9.17) is 0 Å². The number of likely N-dealkylation sites (N-methyl/N-ethyl adjacent to an activating group) is 2. The van der Waals surface area contributed by atoms with Crippen LogP contribution in [0.5, 0.6) is 0 Å². The highest BCUT2D eigenvalue weighted by Crippen LogP contribution is 2.40. The Balaban J connectivity index is 1.86. The van der Waals surface area contributed by atoms with Crippen LogP contribution in [0.15, 0.2) is 30.3 Å². The van der Waals surface area contributed by atoms with Crippen molar-refractivity contribution in [3.05, 3.63) is 64.2 Å². The van der Waals surface area contributed by atoms with Crippen LogP contribution in [0, 0.1) is 11.6 Å². The van der Waals surface area contributed by atoms with Gasteiger partial charge >= 0.3 is 0 Å². The van der Waals surface area contributed by atoms with Crippen LogP contribution in [0.25, 0.3) is 0 Å². The Hall–Kier alpha value is -1.94. The predicted octanol–water partition coefficient (Wildman–Crippen LogP) is 3.53. The number of rotatable bonds is 1. The third-order valence-corrected chi connectivity index (χ3v) is 5.14. The molecule has 2 nitrogen and oxygen atoms in total. The molecule has 1 unspecified atom stereocenters. The Morgan fingerprint density at radius 1 is 1.00 bits per heavy atom. The lowest BCUT2D eigenvalue weighted by Crippen LogP contribution is -2.31. The van der Waals surface area contributed by atoms with E-state index in [1.807, 2.05) is 0 Å². The second-order valence-corrected chi connectivity index (χ2v) is 6.75. The van der Waals surface area contributed by atoms with Crippen LogP contribution in [-0.4, -0.2) is 32.1 Å². The van der Waals surface area contributed by atoms with Crippen molar-refractivity contribution in [3.8, 4) is 0 Å². The van der Waals surface area contributed by atoms with Gasteiger partial charge in [-0.25, -0.2) is 8.78 Å². The van der Waals surface area contributed by atoms with Gasteiger partial charge in [-0.3, -0.25) is 0 Å². The molecule has 0 amide bonds. The number of hydrogen-bond donors (Lipinski definition) is 0. The maximum atomic E-state index is 13.7. The van der Waals surface area contributed by atoms with Gasteiger partial charge in [0.15, 0.2) is 0 Å². The summed E-state index contributed by atoms with van der Waals surface area (Å²) in [6.45, 7) is 2.72. The molecule has 4 heteroatoms. The van der Waals surface area contributed by atoms with Crippen LogP contribution in [-0.2, 0) is 13.0 Å². The molecule has 2 aromatic carbocycles. The Kier molecular flexibility index (Phi) is 3.38. The summed E-state index contributed by atoms with van der Waals surface area (Å²) in [4.78, 5) is 4.52. The molecule has 1 atom stereocenters. The van der Waals surface area contributed by atoms with E-state index in [0.29, 0.717) is 0 Å². The molecule has 0 saturated carbocycles. The van der Waals surface area contributed by atoms with Crippen LogP contribution in [0.2, 0.25) is 0 Å². The summed E-state index contributed by atoms with van der Waals surface area (Å²) in [5, 5.41) is 0. The van der Waals surface area contributed by atoms with Gasteiger partial charge in [0.25, 0.3) is 0 Å². The number of anilines is 1. The Bertz CT molecular complexity index is 752. The van der Waals surface area contributed by atoms with Gasteiger partial charge in [0.05, 0.1) is 0 Å². The van der Waals surface area contributed by atoms with Crippen molar-refractivity contribution in [2.24, 2.45) is 0 Å². The Morgan fingerprint density at radius 2 is 1.74 bits per heavy atom. The van der Waals surface area contributed by atoms with Gasteiger partial charge in [0.2, 0.25) is 0 Å². The fourth-order valence-corrected chi connectivity index (χ4v) is 4.05. The second-order valence-electron chi connectivity index (χ2n) is 6.75. The molecule has 0 N–H and O–H groups in total. The molecular weight excluding hydrogens is 294 g/mol. The van der Waals surface area contributed by atoms with Crippen molar-refractivity contribution >= 4 is 5.69 Å². The summed E-state index contributed by atoms with van der Waals surface area (Å²) < 4.78 is 27.3. The Labute approximate surface area is 135 Å². The molecule has 0 saturated heterocycles. The van der Waals surface area contributed by atoms with Crippen molar-refractivity contribution < 1.29 is 8.78 Å². The maximum absolute atomic E-state index is 13.7. The summed E-state index contributed by atoms with van der Waals surface area (Å²) in [7, 11) is 4.19. The van der Waals surface area contributed by atoms with E-state index in [1.54, 1.807) is 0 Å². The average molecular weight is 314 g/mol. The third-order valence-electron chi connectivity index (χ3n) is 5.14. The molecule has 0 fully saturated rings. The Morgan fingerprint density at radius 3 is 2.48 bits per heavy atom. The lowest BCUT2D eigenvalue weighted by Gasteiger charge is -2.34. The molecule has 4 rings (SSSR count). The fraction of sp³-hybridized carbons (Fsp3) is 0.368. The number of nitrogens with zero attached hydrogens (tertiary/aromatic N) is 2. The highest BCUT2D eigenvalue weighted by Gasteiger charge is 2.30. The average Bonchev–Trinajstić information content (AvgIpc) is 2.87. The first-order valence-electron chi connectivity index (χ1n) is 8.03. The van der Waals surface area contributed by atoms with Crippen molar-refractivity contribution in [2.75, 3.05) is 32.1 Å². The minimum atomic E-state index is -0.504. The molecule has 2 heterocycles. The normalized spacial score (nSPS) is 20.5. The largest absolute Gasteiger partial charge is 0.374 e. The van der Waals surface area contributed by atoms with Crippen molar-refractivity contribution in [1.82, 2.24) is 4.90 Å². The predicted molar refractivity (Wildman–Crippen MR) is 88.0 cm³/mol. The lowest BCUT2D eigenvalue weighted by molar-refractivity contribution is 0.294. The smallest absolute Gasteiger partial charge is 0.126 e. The molecule has 0 spiro atoms. The van der Waals surface area contributed by atoms with E-state index in [0.717, 1.165) is 37.7 Å². The van der Waals surface area contributed by atoms with Crippen molar-refractivity contribution in [2.45, 2.75) is 18.9 Å². The van der Waals surface area contributed by atoms with E-state index < -0.39 is 11.6 Å². The van der Waals surface area contributed by atoms with E-state index in [9.17, 15) is 8.78 Å². The van der Waals surface area contributed by atoms with Crippen LogP contribution in [0.3, 0.4) is 0 Å². The van der Waals surface area contributed by atoms with Crippen LogP contribution in [0.4, 0.5) is 14.5 Å². The molecule has 23 heavy (non-hydrogen) atoms. The van der Waals surface area contributed by atoms with Gasteiger partial charge in [-0.2, -0.15) is 0 Å². The van der Waals surface area contributed by atoms with E-state index in [2.05, 4.69) is 36.0 Å². The molecular formula is C19H20F2N2. The maximum Gasteiger partial charge on any atom is 0.126 e. The lowest BCUT2D eigenvalue weighted by atomic mass is 9.82. The fourth-order valence-electron chi connectivity index (χ4n) is 4.05. The minimum absolute atomic E-state index is 0.0187. The van der Waals surface area contributed by atoms with Crippen molar-refractivity contribution in [3.63, 3.8) is 0 Å². The summed E-state index contributed by atoms with van der Waals surface area (Å²) in [5.74, 6) is -0.989. The zero-order valence-electron chi connectivity index (χ0n) is 13.4. The zero-order valence-corrected chi connectivity index (χ0v) is 13.4. The van der Waals surface area contributed by atoms with Gasteiger partial charge in [-0.05, 0) is 53.9 Å². The standard InChI is InChI=1S/C19H20F2N2/c1-22-10-17(12-7-13(20)9-14(21)8-12)15-3-4-19-16(18(15)11-22)5-6-23(19)2/h3-4,7-9,17H,5-6,10-11H2,1-2H3. The molecule has 2 aromatic rings. The second kappa shape index (κ2) is 5.31. The SMILES string of the molecule is CN1Cc2c(ccc3c2CCN3C)C(c2cc(F)cc(F)c2)C1. The first-order valence-corrected chi connectivity index (χ1v) is 8.03. The minimum Gasteiger partial charge on any atom is -0.374 e. The molecule has 120 valence electrons. The molecule has 2 aliphatic heterocycles.